The summed E-state index contributed by atoms with van der Waals surface area (Å²) in [6, 6.07) is 8.18. The third kappa shape index (κ3) is 5.02. The van der Waals surface area contributed by atoms with E-state index in [9.17, 15) is 0 Å². The first-order valence-electron chi connectivity index (χ1n) is 10.8. The van der Waals surface area contributed by atoms with Gasteiger partial charge in [0.05, 0.1) is 0 Å². The fourth-order valence-corrected chi connectivity index (χ4v) is 3.49. The first kappa shape index (κ1) is 18.3. The van der Waals surface area contributed by atoms with Gasteiger partial charge in [-0.2, -0.15) is 9.97 Å². The Morgan fingerprint density at radius 2 is 1.90 bits per heavy atom. The summed E-state index contributed by atoms with van der Waals surface area (Å²) < 4.78 is 10.8. The van der Waals surface area contributed by atoms with E-state index >= 15 is 0 Å². The van der Waals surface area contributed by atoms with Crippen LogP contribution in [0.15, 0.2) is 33.3 Å². The first-order chi connectivity index (χ1) is 14.3. The molecule has 0 saturated heterocycles. The van der Waals surface area contributed by atoms with Crippen molar-refractivity contribution in [1.29, 1.82) is 0 Å². The molecule has 0 spiro atoms. The molecule has 2 fully saturated rings. The van der Waals surface area contributed by atoms with Gasteiger partial charge in [0.2, 0.25) is 5.89 Å². The third-order valence-electron chi connectivity index (χ3n) is 5.57. The van der Waals surface area contributed by atoms with E-state index in [1.807, 2.05) is 12.1 Å². The van der Waals surface area contributed by atoms with Crippen LogP contribution in [-0.4, -0.2) is 26.8 Å². The van der Waals surface area contributed by atoms with Gasteiger partial charge >= 0.3 is 0 Å². The first-order valence-corrected chi connectivity index (χ1v) is 10.8. The summed E-state index contributed by atoms with van der Waals surface area (Å²) in [5.41, 5.74) is 2.04. The zero-order valence-corrected chi connectivity index (χ0v) is 16.6. The van der Waals surface area contributed by atoms with Crippen LogP contribution in [0.3, 0.4) is 0 Å². The third-order valence-corrected chi connectivity index (χ3v) is 5.57. The molecule has 2 aromatic heterocycles. The number of nitrogens with zero attached hydrogens (tertiary/aromatic N) is 4. The van der Waals surface area contributed by atoms with Gasteiger partial charge in [0.25, 0.3) is 5.89 Å². The molecule has 0 unspecified atom stereocenters. The van der Waals surface area contributed by atoms with E-state index in [0.717, 1.165) is 73.4 Å². The number of rotatable bonds is 11. The van der Waals surface area contributed by atoms with Gasteiger partial charge in [-0.25, -0.2) is 0 Å². The average Bonchev–Trinajstić information content (AvgIpc) is 3.66. The summed E-state index contributed by atoms with van der Waals surface area (Å²) in [5, 5.41) is 11.7. The Morgan fingerprint density at radius 3 is 2.76 bits per heavy atom. The molecule has 7 nitrogen and oxygen atoms in total. The summed E-state index contributed by atoms with van der Waals surface area (Å²) in [7, 11) is 0. The number of hydrogen-bond acceptors (Lipinski definition) is 7. The second-order valence-electron chi connectivity index (χ2n) is 8.30. The fourth-order valence-electron chi connectivity index (χ4n) is 3.49. The van der Waals surface area contributed by atoms with Crippen molar-refractivity contribution in [3.05, 3.63) is 41.8 Å². The van der Waals surface area contributed by atoms with Crippen LogP contribution in [0, 0.1) is 5.92 Å². The molecule has 152 valence electrons. The van der Waals surface area contributed by atoms with Crippen LogP contribution in [0.25, 0.3) is 11.5 Å². The van der Waals surface area contributed by atoms with Crippen molar-refractivity contribution in [2.75, 3.05) is 11.9 Å². The number of hydrogen-bond donors (Lipinski definition) is 1. The maximum Gasteiger partial charge on any atom is 0.258 e. The van der Waals surface area contributed by atoms with E-state index in [0.29, 0.717) is 11.8 Å². The molecule has 2 saturated carbocycles. The summed E-state index contributed by atoms with van der Waals surface area (Å²) in [6.45, 7) is 0.928. The number of aromatic nitrogens is 4. The monoisotopic (exact) mass is 393 g/mol. The molecule has 2 aliphatic carbocycles. The molecule has 5 rings (SSSR count). The maximum atomic E-state index is 5.42. The molecule has 0 aliphatic heterocycles. The molecule has 29 heavy (non-hydrogen) atoms. The molecule has 0 bridgehead atoms. The predicted octanol–water partition coefficient (Wildman–Crippen LogP) is 4.77. The lowest BCUT2D eigenvalue weighted by Crippen LogP contribution is -2.01. The van der Waals surface area contributed by atoms with Crippen LogP contribution in [0.1, 0.15) is 68.4 Å². The molecule has 7 heteroatoms. The standard InChI is InChI=1S/C22H27N5O2/c1(2-7-20-24-19(26-28-20)13-15-8-9-15)3-12-23-18-6-4-5-17(14-18)22-25-21(27-29-22)16-10-11-16/h4-6,14-16,23H,1-3,7-13H2. The lowest BCUT2D eigenvalue weighted by Gasteiger charge is -2.06. The topological polar surface area (TPSA) is 89.9 Å². The smallest absolute Gasteiger partial charge is 0.258 e. The van der Waals surface area contributed by atoms with Gasteiger partial charge in [-0.05, 0) is 62.6 Å². The fraction of sp³-hybridized carbons (Fsp3) is 0.545. The molecule has 3 aromatic rings. The number of benzene rings is 1. The van der Waals surface area contributed by atoms with Crippen LogP contribution in [0.5, 0.6) is 0 Å². The quantitative estimate of drug-likeness (QED) is 0.469. The Kier molecular flexibility index (Phi) is 5.28. The minimum atomic E-state index is 0.505. The van der Waals surface area contributed by atoms with Crippen molar-refractivity contribution in [2.24, 2.45) is 5.92 Å². The van der Waals surface area contributed by atoms with Crippen LogP contribution < -0.4 is 5.32 Å². The maximum absolute atomic E-state index is 5.42. The highest BCUT2D eigenvalue weighted by Gasteiger charge is 2.29. The molecule has 2 aliphatic rings. The van der Waals surface area contributed by atoms with Gasteiger partial charge in [-0.15, -0.1) is 0 Å². The molecular formula is C22H27N5O2. The van der Waals surface area contributed by atoms with E-state index in [1.54, 1.807) is 0 Å². The van der Waals surface area contributed by atoms with Gasteiger partial charge in [0.1, 0.15) is 0 Å². The molecule has 1 aromatic carbocycles. The number of anilines is 1. The van der Waals surface area contributed by atoms with Gasteiger partial charge in [-0.1, -0.05) is 22.8 Å². The lowest BCUT2D eigenvalue weighted by atomic mass is 10.1. The van der Waals surface area contributed by atoms with Gasteiger partial charge in [0.15, 0.2) is 11.6 Å². The summed E-state index contributed by atoms with van der Waals surface area (Å²) in [5.74, 6) is 4.42. The Bertz CT molecular complexity index is 942. The van der Waals surface area contributed by atoms with Crippen LogP contribution >= 0.6 is 0 Å². The molecule has 0 amide bonds. The van der Waals surface area contributed by atoms with Gasteiger partial charge in [-0.3, -0.25) is 0 Å². The molecule has 2 heterocycles. The summed E-state index contributed by atoms with van der Waals surface area (Å²) in [6.07, 6.45) is 10.1. The lowest BCUT2D eigenvalue weighted by molar-refractivity contribution is 0.368. The predicted molar refractivity (Wildman–Crippen MR) is 108 cm³/mol. The van der Waals surface area contributed by atoms with Crippen molar-refractivity contribution in [2.45, 2.75) is 63.7 Å². The molecule has 0 atom stereocenters. The van der Waals surface area contributed by atoms with E-state index in [2.05, 4.69) is 37.7 Å². The van der Waals surface area contributed by atoms with Crippen molar-refractivity contribution in [1.82, 2.24) is 20.3 Å². The van der Waals surface area contributed by atoms with Crippen molar-refractivity contribution >= 4 is 5.69 Å². The van der Waals surface area contributed by atoms with Crippen LogP contribution in [-0.2, 0) is 12.8 Å². The second kappa shape index (κ2) is 8.35. The Labute approximate surface area is 170 Å². The van der Waals surface area contributed by atoms with Crippen molar-refractivity contribution in [3.63, 3.8) is 0 Å². The van der Waals surface area contributed by atoms with Gasteiger partial charge in [0, 0.05) is 36.6 Å². The zero-order chi connectivity index (χ0) is 19.5. The highest BCUT2D eigenvalue weighted by Crippen LogP contribution is 2.39. The van der Waals surface area contributed by atoms with E-state index in [-0.39, 0.29) is 0 Å². The van der Waals surface area contributed by atoms with E-state index < -0.39 is 0 Å². The minimum absolute atomic E-state index is 0.505. The van der Waals surface area contributed by atoms with Crippen molar-refractivity contribution < 1.29 is 9.05 Å². The Morgan fingerprint density at radius 1 is 0.966 bits per heavy atom. The SMILES string of the molecule is c1cc(NCCCCCc2nc(CC3CC3)no2)cc(-c2nc(C3CC3)no2)c1. The largest absolute Gasteiger partial charge is 0.385 e. The Balaban J connectivity index is 1.03. The minimum Gasteiger partial charge on any atom is -0.385 e. The highest BCUT2D eigenvalue weighted by molar-refractivity contribution is 5.61. The average molecular weight is 393 g/mol. The Hall–Kier alpha value is -2.70. The number of nitrogens with one attached hydrogen (secondary N) is 1. The zero-order valence-electron chi connectivity index (χ0n) is 16.6. The number of aryl methyl sites for hydroxylation is 1. The van der Waals surface area contributed by atoms with Crippen molar-refractivity contribution in [3.8, 4) is 11.5 Å². The summed E-state index contributed by atoms with van der Waals surface area (Å²) >= 11 is 0. The molecule has 0 radical (unpaired) electrons. The highest BCUT2D eigenvalue weighted by atomic mass is 16.5. The van der Waals surface area contributed by atoms with Gasteiger partial charge < -0.3 is 14.4 Å². The van der Waals surface area contributed by atoms with Crippen LogP contribution in [0.2, 0.25) is 0 Å². The van der Waals surface area contributed by atoms with E-state index in [4.69, 9.17) is 9.05 Å². The number of unbranched alkanes of at least 4 members (excludes halogenated alkanes) is 2. The van der Waals surface area contributed by atoms with E-state index in [1.165, 1.54) is 25.7 Å². The van der Waals surface area contributed by atoms with Crippen LogP contribution in [0.4, 0.5) is 5.69 Å². The second-order valence-corrected chi connectivity index (χ2v) is 8.30. The molecular weight excluding hydrogens is 366 g/mol. The summed E-state index contributed by atoms with van der Waals surface area (Å²) in [4.78, 5) is 9.03. The molecule has 1 N–H and O–H groups in total. The normalized spacial score (nSPS) is 16.3.